The molecule has 1 aliphatic heterocycles. The highest BCUT2D eigenvalue weighted by Crippen LogP contribution is 2.19. The average molecular weight is 356 g/mol. The van der Waals surface area contributed by atoms with Crippen LogP contribution in [0.5, 0.6) is 0 Å². The molecule has 6 nitrogen and oxygen atoms in total. The van der Waals surface area contributed by atoms with Gasteiger partial charge in [0.05, 0.1) is 18.2 Å². The molecular weight excluding hydrogens is 336 g/mol. The second kappa shape index (κ2) is 7.48. The molecule has 2 aromatic rings. The van der Waals surface area contributed by atoms with Crippen molar-refractivity contribution in [1.29, 1.82) is 0 Å². The molecule has 0 spiro atoms. The Morgan fingerprint density at radius 3 is 2.68 bits per heavy atom. The van der Waals surface area contributed by atoms with Crippen LogP contribution in [0.25, 0.3) is 0 Å². The molecule has 2 heterocycles. The molecule has 1 aromatic heterocycles. The van der Waals surface area contributed by atoms with E-state index < -0.39 is 0 Å². The van der Waals surface area contributed by atoms with Crippen LogP contribution < -0.4 is 10.6 Å². The van der Waals surface area contributed by atoms with Crippen molar-refractivity contribution in [3.8, 4) is 0 Å². The zero-order valence-electron chi connectivity index (χ0n) is 14.2. The van der Waals surface area contributed by atoms with E-state index in [-0.39, 0.29) is 18.0 Å². The maximum Gasteiger partial charge on any atom is 0.319 e. The number of allylic oxidation sites excluding steroid dienone is 1. The Morgan fingerprint density at radius 1 is 1.28 bits per heavy atom. The highest BCUT2D eigenvalue weighted by Gasteiger charge is 2.30. The number of nitrogens with zero attached hydrogens (tertiary/aromatic N) is 2. The second-order valence-electron chi connectivity index (χ2n) is 5.93. The summed E-state index contributed by atoms with van der Waals surface area (Å²) in [5.41, 5.74) is 2.22. The summed E-state index contributed by atoms with van der Waals surface area (Å²) < 4.78 is 0. The van der Waals surface area contributed by atoms with Crippen molar-refractivity contribution >= 4 is 23.3 Å². The first kappa shape index (κ1) is 17.2. The van der Waals surface area contributed by atoms with Gasteiger partial charge in [-0.25, -0.2) is 9.78 Å². The van der Waals surface area contributed by atoms with Gasteiger partial charge in [0, 0.05) is 23.8 Å². The van der Waals surface area contributed by atoms with Crippen LogP contribution in [0.4, 0.5) is 4.79 Å². The quantitative estimate of drug-likeness (QED) is 0.865. The molecule has 0 aliphatic carbocycles. The Labute approximate surface area is 150 Å². The first-order valence-electron chi connectivity index (χ1n) is 8.04. The number of amides is 3. The van der Waals surface area contributed by atoms with Gasteiger partial charge < -0.3 is 15.5 Å². The van der Waals surface area contributed by atoms with Crippen LogP contribution in [0.1, 0.15) is 24.4 Å². The molecule has 2 N–H and O–H groups in total. The number of benzene rings is 1. The molecule has 1 aromatic carbocycles. The fourth-order valence-electron chi connectivity index (χ4n) is 2.88. The lowest BCUT2D eigenvalue weighted by molar-refractivity contribution is -0.128. The number of carbonyl (C=O) groups is 2. The van der Waals surface area contributed by atoms with Gasteiger partial charge >= 0.3 is 6.03 Å². The van der Waals surface area contributed by atoms with Crippen molar-refractivity contribution in [3.63, 3.8) is 0 Å². The molecule has 1 atom stereocenters. The van der Waals surface area contributed by atoms with Crippen molar-refractivity contribution in [2.45, 2.75) is 33.0 Å². The van der Waals surface area contributed by atoms with Crippen LogP contribution in [0.3, 0.4) is 0 Å². The molecule has 0 saturated carbocycles. The third-order valence-electron chi connectivity index (χ3n) is 4.03. The number of nitrogens with one attached hydrogen (secondary N) is 2. The molecule has 0 fully saturated rings. The number of thiazole rings is 1. The van der Waals surface area contributed by atoms with Crippen LogP contribution in [0.2, 0.25) is 0 Å². The number of aromatic nitrogens is 1. The zero-order chi connectivity index (χ0) is 17.8. The molecule has 25 heavy (non-hydrogen) atoms. The molecule has 0 radical (unpaired) electrons. The number of hydrogen-bond donors (Lipinski definition) is 2. The summed E-state index contributed by atoms with van der Waals surface area (Å²) in [6, 6.07) is 9.23. The minimum absolute atomic E-state index is 0.100. The van der Waals surface area contributed by atoms with Crippen molar-refractivity contribution in [3.05, 3.63) is 63.7 Å². The van der Waals surface area contributed by atoms with E-state index >= 15 is 0 Å². The van der Waals surface area contributed by atoms with Gasteiger partial charge in [0.1, 0.15) is 5.01 Å². The third-order valence-corrected chi connectivity index (χ3v) is 4.79. The minimum Gasteiger partial charge on any atom is -0.331 e. The summed E-state index contributed by atoms with van der Waals surface area (Å²) in [6.07, 6.45) is 1.74. The summed E-state index contributed by atoms with van der Waals surface area (Å²) in [4.78, 5) is 30.9. The van der Waals surface area contributed by atoms with Crippen molar-refractivity contribution < 1.29 is 9.59 Å². The van der Waals surface area contributed by atoms with E-state index in [1.54, 1.807) is 18.0 Å². The smallest absolute Gasteiger partial charge is 0.319 e. The molecule has 1 aliphatic rings. The molecule has 7 heteroatoms. The normalized spacial score (nSPS) is 17.0. The van der Waals surface area contributed by atoms with Crippen molar-refractivity contribution in [1.82, 2.24) is 20.5 Å². The van der Waals surface area contributed by atoms with Gasteiger partial charge in [-0.2, -0.15) is 0 Å². The van der Waals surface area contributed by atoms with Crippen molar-refractivity contribution in [2.75, 3.05) is 0 Å². The van der Waals surface area contributed by atoms with E-state index in [1.165, 1.54) is 11.3 Å². The summed E-state index contributed by atoms with van der Waals surface area (Å²) >= 11 is 1.52. The van der Waals surface area contributed by atoms with Gasteiger partial charge in [-0.1, -0.05) is 30.3 Å². The predicted molar refractivity (Wildman–Crippen MR) is 96.6 cm³/mol. The van der Waals surface area contributed by atoms with Gasteiger partial charge in [0.25, 0.3) is 5.91 Å². The lowest BCUT2D eigenvalue weighted by Crippen LogP contribution is -2.50. The Hall–Kier alpha value is -2.67. The van der Waals surface area contributed by atoms with Gasteiger partial charge in [-0.3, -0.25) is 4.79 Å². The van der Waals surface area contributed by atoms with E-state index in [0.717, 1.165) is 10.6 Å². The SMILES string of the molecule is CC1=C(C(=O)N(Cc2ccccc2)Cc2nccs2)[C@@H](C)NC(=O)N1. The van der Waals surface area contributed by atoms with E-state index in [9.17, 15) is 9.59 Å². The summed E-state index contributed by atoms with van der Waals surface area (Å²) in [7, 11) is 0. The van der Waals surface area contributed by atoms with Crippen LogP contribution in [-0.4, -0.2) is 27.9 Å². The Balaban J connectivity index is 1.88. The maximum atomic E-state index is 13.2. The molecular formula is C18H20N4O2S. The van der Waals surface area contributed by atoms with Gasteiger partial charge in [0.15, 0.2) is 0 Å². The lowest BCUT2D eigenvalue weighted by atomic mass is 10.0. The van der Waals surface area contributed by atoms with E-state index in [2.05, 4.69) is 15.6 Å². The minimum atomic E-state index is -0.337. The monoisotopic (exact) mass is 356 g/mol. The van der Waals surface area contributed by atoms with Gasteiger partial charge in [-0.05, 0) is 19.4 Å². The first-order chi connectivity index (χ1) is 12.0. The van der Waals surface area contributed by atoms with Crippen LogP contribution in [0.15, 0.2) is 53.2 Å². The Kier molecular flexibility index (Phi) is 5.14. The summed E-state index contributed by atoms with van der Waals surface area (Å²) in [5, 5.41) is 8.21. The molecule has 0 bridgehead atoms. The topological polar surface area (TPSA) is 74.3 Å². The number of urea groups is 1. The highest BCUT2D eigenvalue weighted by molar-refractivity contribution is 7.09. The Morgan fingerprint density at radius 2 is 2.04 bits per heavy atom. The van der Waals surface area contributed by atoms with E-state index in [0.29, 0.717) is 24.4 Å². The van der Waals surface area contributed by atoms with Crippen LogP contribution in [-0.2, 0) is 17.9 Å². The third kappa shape index (κ3) is 4.06. The summed E-state index contributed by atoms with van der Waals surface area (Å²) in [5.74, 6) is -0.100. The van der Waals surface area contributed by atoms with Crippen LogP contribution in [0, 0.1) is 0 Å². The second-order valence-corrected chi connectivity index (χ2v) is 6.91. The van der Waals surface area contributed by atoms with Crippen LogP contribution >= 0.6 is 11.3 Å². The molecule has 130 valence electrons. The lowest BCUT2D eigenvalue weighted by Gasteiger charge is -2.30. The highest BCUT2D eigenvalue weighted by atomic mass is 32.1. The summed E-state index contributed by atoms with van der Waals surface area (Å²) in [6.45, 7) is 4.49. The fraction of sp³-hybridized carbons (Fsp3) is 0.278. The zero-order valence-corrected chi connectivity index (χ0v) is 15.0. The predicted octanol–water partition coefficient (Wildman–Crippen LogP) is 2.65. The number of carbonyl (C=O) groups excluding carboxylic acids is 2. The van der Waals surface area contributed by atoms with E-state index in [1.807, 2.05) is 42.6 Å². The van der Waals surface area contributed by atoms with E-state index in [4.69, 9.17) is 0 Å². The van der Waals surface area contributed by atoms with Gasteiger partial charge in [-0.15, -0.1) is 11.3 Å². The number of hydrogen-bond acceptors (Lipinski definition) is 4. The first-order valence-corrected chi connectivity index (χ1v) is 8.92. The number of rotatable bonds is 5. The molecule has 0 unspecified atom stereocenters. The molecule has 3 rings (SSSR count). The molecule has 0 saturated heterocycles. The average Bonchev–Trinajstić information content (AvgIpc) is 3.07. The fourth-order valence-corrected chi connectivity index (χ4v) is 3.51. The standard InChI is InChI=1S/C18H20N4O2S/c1-12-16(13(2)21-18(24)20-12)17(23)22(11-15-19-8-9-25-15)10-14-6-4-3-5-7-14/h3-9,12H,10-11H2,1-2H3,(H2,20,21,24)/t12-/m1/s1. The van der Waals surface area contributed by atoms with Crippen molar-refractivity contribution in [2.24, 2.45) is 0 Å². The maximum absolute atomic E-state index is 13.2. The Bertz CT molecular complexity index is 787. The molecule has 3 amide bonds. The van der Waals surface area contributed by atoms with Gasteiger partial charge in [0.2, 0.25) is 0 Å². The largest absolute Gasteiger partial charge is 0.331 e.